The Morgan fingerprint density at radius 1 is 1.05 bits per heavy atom. The Morgan fingerprint density at radius 2 is 1.77 bits per heavy atom. The lowest BCUT2D eigenvalue weighted by molar-refractivity contribution is 0.315. The number of hydrogen-bond acceptors (Lipinski definition) is 2. The zero-order chi connectivity index (χ0) is 15.4. The van der Waals surface area contributed by atoms with Crippen LogP contribution in [0.3, 0.4) is 0 Å². The molecule has 1 aliphatic rings. The fourth-order valence-corrected chi connectivity index (χ4v) is 3.49. The monoisotopic (exact) mass is 298 g/mol. The van der Waals surface area contributed by atoms with Gasteiger partial charge in [0.05, 0.1) is 0 Å². The molecule has 2 aromatic carbocycles. The largest absolute Gasteiger partial charge is 0.319 e. The maximum absolute atomic E-state index is 13.2. The van der Waals surface area contributed by atoms with Gasteiger partial charge in [0.15, 0.2) is 0 Å². The molecule has 2 nitrogen and oxygen atoms in total. The van der Waals surface area contributed by atoms with Gasteiger partial charge in [0.2, 0.25) is 0 Å². The zero-order valence-electron chi connectivity index (χ0n) is 13.0. The van der Waals surface area contributed by atoms with Crippen LogP contribution in [0, 0.1) is 11.7 Å². The third-order valence-electron chi connectivity index (χ3n) is 4.53. The summed E-state index contributed by atoms with van der Waals surface area (Å²) < 4.78 is 13.2. The molecule has 0 spiro atoms. The highest BCUT2D eigenvalue weighted by Crippen LogP contribution is 2.33. The molecular formula is C19H23FN2. The molecule has 0 radical (unpaired) electrons. The number of rotatable bonds is 5. The van der Waals surface area contributed by atoms with Gasteiger partial charge < -0.3 is 5.32 Å². The Hall–Kier alpha value is -1.71. The van der Waals surface area contributed by atoms with E-state index < -0.39 is 0 Å². The van der Waals surface area contributed by atoms with Crippen molar-refractivity contribution < 1.29 is 4.39 Å². The lowest BCUT2D eigenvalue weighted by atomic mass is 9.89. The summed E-state index contributed by atoms with van der Waals surface area (Å²) in [6.45, 7) is 4.09. The molecule has 3 rings (SSSR count). The molecule has 0 aliphatic carbocycles. The number of nitrogens with one attached hydrogen (secondary N) is 1. The van der Waals surface area contributed by atoms with Crippen LogP contribution in [0.25, 0.3) is 0 Å². The lowest BCUT2D eigenvalue weighted by Crippen LogP contribution is -2.25. The summed E-state index contributed by atoms with van der Waals surface area (Å²) in [7, 11) is 2.00. The standard InChI is InChI=1S/C19H23FN2/c1-21-11-17-13-22(12-15-5-3-2-4-6-15)14-19(17)16-7-9-18(20)10-8-16/h2-10,17,19,21H,11-14H2,1H3. The fourth-order valence-electron chi connectivity index (χ4n) is 3.49. The van der Waals surface area contributed by atoms with Crippen LogP contribution >= 0.6 is 0 Å². The SMILES string of the molecule is CNCC1CN(Cc2ccccc2)CC1c1ccc(F)cc1. The molecule has 1 N–H and O–H groups in total. The molecule has 3 heteroatoms. The van der Waals surface area contributed by atoms with E-state index in [0.29, 0.717) is 11.8 Å². The predicted molar refractivity (Wildman–Crippen MR) is 88.3 cm³/mol. The Balaban J connectivity index is 1.73. The number of nitrogens with zero attached hydrogens (tertiary/aromatic N) is 1. The normalized spacial score (nSPS) is 22.1. The van der Waals surface area contributed by atoms with Crippen LogP contribution in [0.5, 0.6) is 0 Å². The molecule has 0 saturated carbocycles. The van der Waals surface area contributed by atoms with Crippen LogP contribution in [-0.4, -0.2) is 31.6 Å². The summed E-state index contributed by atoms with van der Waals surface area (Å²) in [5.74, 6) is 0.879. The highest BCUT2D eigenvalue weighted by atomic mass is 19.1. The molecule has 1 aliphatic heterocycles. The molecule has 22 heavy (non-hydrogen) atoms. The number of likely N-dealkylation sites (tertiary alicyclic amines) is 1. The van der Waals surface area contributed by atoms with Crippen LogP contribution in [0.2, 0.25) is 0 Å². The van der Waals surface area contributed by atoms with Gasteiger partial charge in [-0.15, -0.1) is 0 Å². The quantitative estimate of drug-likeness (QED) is 0.911. The van der Waals surface area contributed by atoms with Crippen LogP contribution in [0.15, 0.2) is 54.6 Å². The first-order valence-corrected chi connectivity index (χ1v) is 7.92. The Labute approximate surface area is 132 Å². The van der Waals surface area contributed by atoms with Gasteiger partial charge in [-0.25, -0.2) is 4.39 Å². The van der Waals surface area contributed by atoms with Crippen molar-refractivity contribution in [3.8, 4) is 0 Å². The second-order valence-corrected chi connectivity index (χ2v) is 6.16. The van der Waals surface area contributed by atoms with Crippen molar-refractivity contribution in [3.63, 3.8) is 0 Å². The van der Waals surface area contributed by atoms with Crippen molar-refractivity contribution in [3.05, 3.63) is 71.5 Å². The Bertz CT molecular complexity index is 582. The van der Waals surface area contributed by atoms with Crippen molar-refractivity contribution in [2.45, 2.75) is 12.5 Å². The molecule has 0 aromatic heterocycles. The predicted octanol–water partition coefficient (Wildman–Crippen LogP) is 3.26. The first-order chi connectivity index (χ1) is 10.8. The van der Waals surface area contributed by atoms with Crippen LogP contribution in [0.1, 0.15) is 17.0 Å². The second-order valence-electron chi connectivity index (χ2n) is 6.16. The molecule has 2 aromatic rings. The Kier molecular flexibility index (Phi) is 4.86. The van der Waals surface area contributed by atoms with Crippen molar-refractivity contribution in [2.75, 3.05) is 26.7 Å². The topological polar surface area (TPSA) is 15.3 Å². The molecule has 0 amide bonds. The van der Waals surface area contributed by atoms with E-state index >= 15 is 0 Å². The first-order valence-electron chi connectivity index (χ1n) is 7.92. The van der Waals surface area contributed by atoms with E-state index in [-0.39, 0.29) is 5.82 Å². The van der Waals surface area contributed by atoms with Gasteiger partial charge in [-0.2, -0.15) is 0 Å². The molecule has 1 heterocycles. The third kappa shape index (κ3) is 3.54. The summed E-state index contributed by atoms with van der Waals surface area (Å²) >= 11 is 0. The summed E-state index contributed by atoms with van der Waals surface area (Å²) in [4.78, 5) is 2.51. The van der Waals surface area contributed by atoms with Crippen molar-refractivity contribution in [1.29, 1.82) is 0 Å². The zero-order valence-corrected chi connectivity index (χ0v) is 13.0. The van der Waals surface area contributed by atoms with Crippen LogP contribution in [0.4, 0.5) is 4.39 Å². The van der Waals surface area contributed by atoms with Gasteiger partial charge in [0, 0.05) is 25.6 Å². The van der Waals surface area contributed by atoms with E-state index in [0.717, 1.165) is 26.2 Å². The molecule has 116 valence electrons. The van der Waals surface area contributed by atoms with Crippen LogP contribution in [-0.2, 0) is 6.54 Å². The fraction of sp³-hybridized carbons (Fsp3) is 0.368. The minimum atomic E-state index is -0.159. The van der Waals surface area contributed by atoms with Gasteiger partial charge in [-0.05, 0) is 42.8 Å². The van der Waals surface area contributed by atoms with E-state index in [9.17, 15) is 4.39 Å². The van der Waals surface area contributed by atoms with E-state index in [1.165, 1.54) is 11.1 Å². The average Bonchev–Trinajstić information content (AvgIpc) is 2.92. The van der Waals surface area contributed by atoms with E-state index in [1.807, 2.05) is 19.2 Å². The van der Waals surface area contributed by atoms with Gasteiger partial charge in [0.25, 0.3) is 0 Å². The summed E-state index contributed by atoms with van der Waals surface area (Å²) in [5, 5.41) is 3.30. The molecule has 2 unspecified atom stereocenters. The van der Waals surface area contributed by atoms with Gasteiger partial charge in [0.1, 0.15) is 5.82 Å². The number of halogens is 1. The molecular weight excluding hydrogens is 275 g/mol. The van der Waals surface area contributed by atoms with Gasteiger partial charge >= 0.3 is 0 Å². The molecule has 1 fully saturated rings. The van der Waals surface area contributed by atoms with Crippen molar-refractivity contribution >= 4 is 0 Å². The van der Waals surface area contributed by atoms with E-state index in [2.05, 4.69) is 40.5 Å². The molecule has 2 atom stereocenters. The van der Waals surface area contributed by atoms with Gasteiger partial charge in [-0.1, -0.05) is 42.5 Å². The maximum atomic E-state index is 13.2. The van der Waals surface area contributed by atoms with E-state index in [4.69, 9.17) is 0 Å². The molecule has 1 saturated heterocycles. The minimum Gasteiger partial charge on any atom is -0.319 e. The Morgan fingerprint density at radius 3 is 2.45 bits per heavy atom. The van der Waals surface area contributed by atoms with Crippen LogP contribution < -0.4 is 5.32 Å². The van der Waals surface area contributed by atoms with E-state index in [1.54, 1.807) is 12.1 Å². The van der Waals surface area contributed by atoms with Crippen molar-refractivity contribution in [2.24, 2.45) is 5.92 Å². The summed E-state index contributed by atoms with van der Waals surface area (Å²) in [6.07, 6.45) is 0. The summed E-state index contributed by atoms with van der Waals surface area (Å²) in [6, 6.07) is 17.6. The maximum Gasteiger partial charge on any atom is 0.123 e. The second kappa shape index (κ2) is 7.03. The average molecular weight is 298 g/mol. The number of benzene rings is 2. The van der Waals surface area contributed by atoms with Crippen molar-refractivity contribution in [1.82, 2.24) is 10.2 Å². The lowest BCUT2D eigenvalue weighted by Gasteiger charge is -2.18. The summed E-state index contributed by atoms with van der Waals surface area (Å²) in [5.41, 5.74) is 2.60. The third-order valence-corrected chi connectivity index (χ3v) is 4.53. The van der Waals surface area contributed by atoms with Gasteiger partial charge in [-0.3, -0.25) is 4.90 Å². The molecule has 0 bridgehead atoms. The smallest absolute Gasteiger partial charge is 0.123 e. The number of hydrogen-bond donors (Lipinski definition) is 1. The highest BCUT2D eigenvalue weighted by molar-refractivity contribution is 5.24. The minimum absolute atomic E-state index is 0.159. The highest BCUT2D eigenvalue weighted by Gasteiger charge is 2.33. The first kappa shape index (κ1) is 15.2.